The third kappa shape index (κ3) is 7.50. The first-order chi connectivity index (χ1) is 8.83. The molecule has 102 valence electrons. The number of thioether (sulfide) groups is 1. The fraction of sp³-hybridized carbons (Fsp3) is 0.583. The Hall–Kier alpha value is -0.820. The molecule has 0 spiro atoms. The quantitative estimate of drug-likeness (QED) is 0.513. The Morgan fingerprint density at radius 3 is 2.50 bits per heavy atom. The zero-order valence-electron chi connectivity index (χ0n) is 10.6. The van der Waals surface area contributed by atoms with Gasteiger partial charge in [0.15, 0.2) is 0 Å². The van der Waals surface area contributed by atoms with E-state index in [2.05, 4.69) is 4.98 Å². The van der Waals surface area contributed by atoms with Crippen molar-refractivity contribution in [2.75, 3.05) is 51.6 Å². The van der Waals surface area contributed by atoms with Crippen LogP contribution in [0.3, 0.4) is 0 Å². The largest absolute Gasteiger partial charge is 0.397 e. The normalized spacial score (nSPS) is 10.7. The van der Waals surface area contributed by atoms with Gasteiger partial charge < -0.3 is 19.9 Å². The summed E-state index contributed by atoms with van der Waals surface area (Å²) < 4.78 is 15.5. The van der Waals surface area contributed by atoms with Crippen LogP contribution in [0.2, 0.25) is 0 Å². The van der Waals surface area contributed by atoms with Gasteiger partial charge in [-0.2, -0.15) is 0 Å². The summed E-state index contributed by atoms with van der Waals surface area (Å²) >= 11 is 1.65. The highest BCUT2D eigenvalue weighted by atomic mass is 32.2. The van der Waals surface area contributed by atoms with Gasteiger partial charge in [0.05, 0.1) is 49.9 Å². The molecular formula is C12H20N2O3S. The first-order valence-corrected chi connectivity index (χ1v) is 6.80. The molecule has 0 bridgehead atoms. The summed E-state index contributed by atoms with van der Waals surface area (Å²) in [5, 5.41) is 0.962. The van der Waals surface area contributed by atoms with Gasteiger partial charge in [-0.25, -0.2) is 4.98 Å². The molecular weight excluding hydrogens is 252 g/mol. The lowest BCUT2D eigenvalue weighted by atomic mass is 10.4. The van der Waals surface area contributed by atoms with E-state index in [4.69, 9.17) is 19.9 Å². The van der Waals surface area contributed by atoms with Gasteiger partial charge in [-0.05, 0) is 12.1 Å². The van der Waals surface area contributed by atoms with E-state index in [9.17, 15) is 0 Å². The van der Waals surface area contributed by atoms with Gasteiger partial charge in [-0.1, -0.05) is 0 Å². The minimum atomic E-state index is 0.605. The first kappa shape index (κ1) is 15.2. The number of rotatable bonds is 10. The van der Waals surface area contributed by atoms with Crippen molar-refractivity contribution in [2.24, 2.45) is 0 Å². The molecule has 6 heteroatoms. The number of aromatic nitrogens is 1. The SMILES string of the molecule is COCCOCCOCCSc1ccc(N)cn1. The molecule has 1 rings (SSSR count). The number of nitrogens with two attached hydrogens (primary N) is 1. The molecule has 1 heterocycles. The van der Waals surface area contributed by atoms with E-state index in [1.807, 2.05) is 12.1 Å². The van der Waals surface area contributed by atoms with Crippen molar-refractivity contribution in [1.82, 2.24) is 4.98 Å². The van der Waals surface area contributed by atoms with Crippen LogP contribution in [0.1, 0.15) is 0 Å². The summed E-state index contributed by atoms with van der Waals surface area (Å²) in [5.74, 6) is 0.870. The predicted octanol–water partition coefficient (Wildman–Crippen LogP) is 1.44. The highest BCUT2D eigenvalue weighted by Crippen LogP contribution is 2.15. The average molecular weight is 272 g/mol. The van der Waals surface area contributed by atoms with E-state index in [0.29, 0.717) is 38.7 Å². The minimum absolute atomic E-state index is 0.605. The van der Waals surface area contributed by atoms with Crippen LogP contribution in [0.4, 0.5) is 5.69 Å². The van der Waals surface area contributed by atoms with Gasteiger partial charge in [0.1, 0.15) is 0 Å². The van der Waals surface area contributed by atoms with Gasteiger partial charge in [-0.3, -0.25) is 0 Å². The second-order valence-corrected chi connectivity index (χ2v) is 4.61. The predicted molar refractivity (Wildman–Crippen MR) is 72.9 cm³/mol. The topological polar surface area (TPSA) is 66.6 Å². The molecule has 0 saturated carbocycles. The van der Waals surface area contributed by atoms with Crippen LogP contribution in [0.15, 0.2) is 23.4 Å². The van der Waals surface area contributed by atoms with Gasteiger partial charge >= 0.3 is 0 Å². The van der Waals surface area contributed by atoms with Gasteiger partial charge in [-0.15, -0.1) is 11.8 Å². The number of anilines is 1. The monoisotopic (exact) mass is 272 g/mol. The molecule has 0 aromatic carbocycles. The molecule has 1 aromatic heterocycles. The number of ether oxygens (including phenoxy) is 3. The maximum Gasteiger partial charge on any atom is 0.0962 e. The first-order valence-electron chi connectivity index (χ1n) is 5.81. The maximum atomic E-state index is 5.55. The lowest BCUT2D eigenvalue weighted by molar-refractivity contribution is 0.0286. The van der Waals surface area contributed by atoms with E-state index in [-0.39, 0.29) is 0 Å². The van der Waals surface area contributed by atoms with Crippen LogP contribution in [0.25, 0.3) is 0 Å². The van der Waals surface area contributed by atoms with E-state index in [1.165, 1.54) is 0 Å². The number of methoxy groups -OCH3 is 1. The van der Waals surface area contributed by atoms with E-state index < -0.39 is 0 Å². The number of nitrogens with zero attached hydrogens (tertiary/aromatic N) is 1. The Labute approximate surface area is 112 Å². The molecule has 0 amide bonds. The van der Waals surface area contributed by atoms with Gasteiger partial charge in [0.25, 0.3) is 0 Å². The van der Waals surface area contributed by atoms with Crippen molar-refractivity contribution < 1.29 is 14.2 Å². The van der Waals surface area contributed by atoms with E-state index in [0.717, 1.165) is 10.8 Å². The van der Waals surface area contributed by atoms with Crippen molar-refractivity contribution in [3.63, 3.8) is 0 Å². The van der Waals surface area contributed by atoms with Crippen LogP contribution < -0.4 is 5.73 Å². The molecule has 2 N–H and O–H groups in total. The van der Waals surface area contributed by atoms with Gasteiger partial charge in [0, 0.05) is 12.9 Å². The second kappa shape index (κ2) is 10.1. The Morgan fingerprint density at radius 2 is 1.83 bits per heavy atom. The molecule has 1 aromatic rings. The van der Waals surface area contributed by atoms with Crippen molar-refractivity contribution in [3.8, 4) is 0 Å². The smallest absolute Gasteiger partial charge is 0.0962 e. The van der Waals surface area contributed by atoms with Crippen molar-refractivity contribution in [3.05, 3.63) is 18.3 Å². The highest BCUT2D eigenvalue weighted by Gasteiger charge is 1.96. The lowest BCUT2D eigenvalue weighted by Gasteiger charge is -2.05. The van der Waals surface area contributed by atoms with Crippen molar-refractivity contribution in [1.29, 1.82) is 0 Å². The van der Waals surface area contributed by atoms with Crippen LogP contribution >= 0.6 is 11.8 Å². The molecule has 0 unspecified atom stereocenters. The fourth-order valence-corrected chi connectivity index (χ4v) is 1.85. The summed E-state index contributed by atoms with van der Waals surface area (Å²) in [6, 6.07) is 3.76. The summed E-state index contributed by atoms with van der Waals surface area (Å²) in [5.41, 5.74) is 6.24. The number of nitrogen functional groups attached to an aromatic ring is 1. The third-order valence-corrected chi connectivity index (χ3v) is 2.95. The maximum absolute atomic E-state index is 5.55. The molecule has 0 atom stereocenters. The number of hydrogen-bond acceptors (Lipinski definition) is 6. The molecule has 0 aliphatic rings. The average Bonchev–Trinajstić information content (AvgIpc) is 2.39. The summed E-state index contributed by atoms with van der Waals surface area (Å²) in [6.45, 7) is 3.14. The third-order valence-electron chi connectivity index (χ3n) is 2.04. The fourth-order valence-electron chi connectivity index (χ4n) is 1.15. The van der Waals surface area contributed by atoms with Crippen molar-refractivity contribution in [2.45, 2.75) is 5.03 Å². The van der Waals surface area contributed by atoms with Crippen LogP contribution in [0.5, 0.6) is 0 Å². The summed E-state index contributed by atoms with van der Waals surface area (Å²) in [6.07, 6.45) is 1.66. The Balaban J connectivity index is 1.91. The molecule has 0 aliphatic carbocycles. The zero-order chi connectivity index (χ0) is 13.1. The van der Waals surface area contributed by atoms with E-state index in [1.54, 1.807) is 25.1 Å². The molecule has 0 saturated heterocycles. The second-order valence-electron chi connectivity index (χ2n) is 3.50. The Kier molecular flexibility index (Phi) is 8.58. The number of pyridine rings is 1. The lowest BCUT2D eigenvalue weighted by Crippen LogP contribution is -2.09. The van der Waals surface area contributed by atoms with Gasteiger partial charge in [0.2, 0.25) is 0 Å². The van der Waals surface area contributed by atoms with Crippen molar-refractivity contribution >= 4 is 17.4 Å². The molecule has 18 heavy (non-hydrogen) atoms. The molecule has 0 aliphatic heterocycles. The Bertz CT molecular complexity index is 309. The highest BCUT2D eigenvalue weighted by molar-refractivity contribution is 7.99. The number of hydrogen-bond donors (Lipinski definition) is 1. The van der Waals surface area contributed by atoms with Crippen LogP contribution in [-0.2, 0) is 14.2 Å². The van der Waals surface area contributed by atoms with Crippen LogP contribution in [-0.4, -0.2) is 50.9 Å². The molecule has 5 nitrogen and oxygen atoms in total. The molecule has 0 fully saturated rings. The van der Waals surface area contributed by atoms with E-state index >= 15 is 0 Å². The standard InChI is InChI=1S/C12H20N2O3S/c1-15-4-5-16-6-7-17-8-9-18-12-3-2-11(13)10-14-12/h2-3,10H,4-9,13H2,1H3. The van der Waals surface area contributed by atoms with Crippen LogP contribution in [0, 0.1) is 0 Å². The Morgan fingerprint density at radius 1 is 1.11 bits per heavy atom. The zero-order valence-corrected chi connectivity index (χ0v) is 11.4. The summed E-state index contributed by atoms with van der Waals surface area (Å²) in [7, 11) is 1.66. The summed E-state index contributed by atoms with van der Waals surface area (Å²) in [4.78, 5) is 4.19. The molecule has 0 radical (unpaired) electrons. The minimum Gasteiger partial charge on any atom is -0.397 e.